The van der Waals surface area contributed by atoms with Crippen molar-refractivity contribution >= 4 is 23.5 Å². The molecule has 1 heterocycles. The second-order valence-electron chi connectivity index (χ2n) is 4.10. The van der Waals surface area contributed by atoms with Crippen LogP contribution in [0.15, 0.2) is 41.6 Å². The molecule has 0 aliphatic rings. The van der Waals surface area contributed by atoms with E-state index in [9.17, 15) is 5.11 Å². The van der Waals surface area contributed by atoms with E-state index in [0.29, 0.717) is 11.4 Å². The molecule has 0 unspecified atom stereocenters. The van der Waals surface area contributed by atoms with Gasteiger partial charge in [-0.3, -0.25) is 5.43 Å². The van der Waals surface area contributed by atoms with E-state index in [1.54, 1.807) is 37.6 Å². The number of hydrogen-bond acceptors (Lipinski definition) is 5. The number of pyridine rings is 1. The van der Waals surface area contributed by atoms with Gasteiger partial charge in [0, 0.05) is 23.4 Å². The van der Waals surface area contributed by atoms with Gasteiger partial charge in [-0.2, -0.15) is 5.10 Å². The molecule has 0 saturated carbocycles. The van der Waals surface area contributed by atoms with Crippen molar-refractivity contribution < 1.29 is 9.84 Å². The molecule has 0 spiro atoms. The Hall–Kier alpha value is -2.67. The number of benzene rings is 1. The van der Waals surface area contributed by atoms with E-state index >= 15 is 0 Å². The van der Waals surface area contributed by atoms with Crippen molar-refractivity contribution in [3.8, 4) is 22.8 Å². The molecule has 0 atom stereocenters. The highest BCUT2D eigenvalue weighted by molar-refractivity contribution is 7.80. The maximum absolute atomic E-state index is 9.81. The number of aromatic nitrogens is 1. The molecule has 2 rings (SSSR count). The number of phenolic OH excluding ortho intramolecular Hbond substituents is 1. The number of phenols is 1. The lowest BCUT2D eigenvalue weighted by Crippen LogP contribution is -2.23. The molecule has 21 heavy (non-hydrogen) atoms. The highest BCUT2D eigenvalue weighted by Crippen LogP contribution is 2.25. The van der Waals surface area contributed by atoms with Gasteiger partial charge in [-0.05, 0) is 36.0 Å². The van der Waals surface area contributed by atoms with Gasteiger partial charge >= 0.3 is 0 Å². The van der Waals surface area contributed by atoms with Crippen molar-refractivity contribution in [2.75, 3.05) is 7.11 Å². The predicted octanol–water partition coefficient (Wildman–Crippen LogP) is 1.63. The van der Waals surface area contributed by atoms with Crippen LogP contribution in [0.1, 0.15) is 5.56 Å². The number of aromatic hydroxyl groups is 1. The summed E-state index contributed by atoms with van der Waals surface area (Å²) in [6.45, 7) is 0. The first-order chi connectivity index (χ1) is 10.1. The number of ether oxygens (including phenoxy) is 1. The molecule has 1 aromatic carbocycles. The van der Waals surface area contributed by atoms with Crippen LogP contribution >= 0.6 is 12.2 Å². The fourth-order valence-electron chi connectivity index (χ4n) is 1.67. The Balaban J connectivity index is 2.28. The summed E-state index contributed by atoms with van der Waals surface area (Å²) in [6, 6.07) is 8.80. The maximum atomic E-state index is 9.81. The lowest BCUT2D eigenvalue weighted by molar-refractivity contribution is 0.398. The number of hydrogen-bond donors (Lipinski definition) is 3. The molecule has 7 heteroatoms. The molecule has 0 aliphatic carbocycles. The first kappa shape index (κ1) is 14.7. The molecule has 2 aromatic rings. The summed E-state index contributed by atoms with van der Waals surface area (Å²) in [6.07, 6.45) is 3.13. The van der Waals surface area contributed by atoms with Crippen LogP contribution in [0.3, 0.4) is 0 Å². The molecule has 0 amide bonds. The number of hydrazone groups is 1. The molecule has 0 aliphatic heterocycles. The number of nitrogens with one attached hydrogen (secondary N) is 1. The van der Waals surface area contributed by atoms with E-state index in [1.165, 1.54) is 6.21 Å². The standard InChI is InChI=1S/C14H14N4O2S/c1-20-13-5-3-10(7-16-13)9-2-4-12(19)11(6-9)8-17-18-14(15)21/h2-8,19H,1H3,(H3,15,18,21). The number of rotatable bonds is 4. The first-order valence-corrected chi connectivity index (χ1v) is 6.43. The topological polar surface area (TPSA) is 92.8 Å². The Morgan fingerprint density at radius 3 is 2.76 bits per heavy atom. The third kappa shape index (κ3) is 3.90. The van der Waals surface area contributed by atoms with Gasteiger partial charge in [0.2, 0.25) is 5.88 Å². The molecule has 4 N–H and O–H groups in total. The number of thiocarbonyl (C=S) groups is 1. The molecule has 1 aromatic heterocycles. The van der Waals surface area contributed by atoms with Crippen LogP contribution < -0.4 is 15.9 Å². The Morgan fingerprint density at radius 1 is 1.38 bits per heavy atom. The van der Waals surface area contributed by atoms with Crippen LogP contribution in [-0.2, 0) is 0 Å². The van der Waals surface area contributed by atoms with Crippen LogP contribution in [0.2, 0.25) is 0 Å². The summed E-state index contributed by atoms with van der Waals surface area (Å²) in [5.41, 5.74) is 10.0. The van der Waals surface area contributed by atoms with Crippen LogP contribution in [0.25, 0.3) is 11.1 Å². The summed E-state index contributed by atoms with van der Waals surface area (Å²) in [7, 11) is 1.56. The van der Waals surface area contributed by atoms with Gasteiger partial charge in [0.25, 0.3) is 0 Å². The second kappa shape index (κ2) is 6.67. The minimum Gasteiger partial charge on any atom is -0.507 e. The third-order valence-corrected chi connectivity index (χ3v) is 2.78. The lowest BCUT2D eigenvalue weighted by atomic mass is 10.0. The number of methoxy groups -OCH3 is 1. The van der Waals surface area contributed by atoms with E-state index in [2.05, 4.69) is 27.7 Å². The zero-order chi connectivity index (χ0) is 15.2. The second-order valence-corrected chi connectivity index (χ2v) is 4.54. The first-order valence-electron chi connectivity index (χ1n) is 6.02. The average molecular weight is 302 g/mol. The smallest absolute Gasteiger partial charge is 0.212 e. The average Bonchev–Trinajstić information content (AvgIpc) is 2.49. The van der Waals surface area contributed by atoms with E-state index in [4.69, 9.17) is 10.5 Å². The fraction of sp³-hybridized carbons (Fsp3) is 0.0714. The minimum absolute atomic E-state index is 0.0567. The maximum Gasteiger partial charge on any atom is 0.212 e. The van der Waals surface area contributed by atoms with Crippen molar-refractivity contribution in [1.29, 1.82) is 0 Å². The van der Waals surface area contributed by atoms with Gasteiger partial charge < -0.3 is 15.6 Å². The van der Waals surface area contributed by atoms with Crippen molar-refractivity contribution in [2.45, 2.75) is 0 Å². The summed E-state index contributed by atoms with van der Waals surface area (Å²) in [5.74, 6) is 0.647. The van der Waals surface area contributed by atoms with Crippen molar-refractivity contribution in [3.05, 3.63) is 42.1 Å². The van der Waals surface area contributed by atoms with Gasteiger partial charge in [-0.1, -0.05) is 6.07 Å². The van der Waals surface area contributed by atoms with Crippen molar-refractivity contribution in [2.24, 2.45) is 10.8 Å². The van der Waals surface area contributed by atoms with Gasteiger partial charge in [0.05, 0.1) is 13.3 Å². The molecular formula is C14H14N4O2S. The van der Waals surface area contributed by atoms with E-state index in [1.807, 2.05) is 6.07 Å². The number of nitrogens with zero attached hydrogens (tertiary/aromatic N) is 2. The minimum atomic E-state index is 0.0567. The third-order valence-electron chi connectivity index (χ3n) is 2.68. The van der Waals surface area contributed by atoms with Crippen molar-refractivity contribution in [3.63, 3.8) is 0 Å². The lowest BCUT2D eigenvalue weighted by Gasteiger charge is -2.05. The molecule has 6 nitrogen and oxygen atoms in total. The molecular weight excluding hydrogens is 288 g/mol. The van der Waals surface area contributed by atoms with E-state index in [0.717, 1.165) is 11.1 Å². The molecule has 0 bridgehead atoms. The van der Waals surface area contributed by atoms with Crippen LogP contribution in [0.4, 0.5) is 0 Å². The zero-order valence-corrected chi connectivity index (χ0v) is 12.1. The summed E-state index contributed by atoms with van der Waals surface area (Å²) in [5, 5.41) is 13.7. The fourth-order valence-corrected chi connectivity index (χ4v) is 1.73. The predicted molar refractivity (Wildman–Crippen MR) is 85.4 cm³/mol. The van der Waals surface area contributed by atoms with Gasteiger partial charge in [0.1, 0.15) is 5.75 Å². The largest absolute Gasteiger partial charge is 0.507 e. The Morgan fingerprint density at radius 2 is 2.14 bits per heavy atom. The molecule has 0 radical (unpaired) electrons. The quantitative estimate of drug-likeness (QED) is 0.451. The van der Waals surface area contributed by atoms with Crippen molar-refractivity contribution in [1.82, 2.24) is 10.4 Å². The Bertz CT molecular complexity index is 671. The normalized spacial score (nSPS) is 10.5. The van der Waals surface area contributed by atoms with Gasteiger partial charge in [-0.25, -0.2) is 4.98 Å². The SMILES string of the molecule is COc1ccc(-c2ccc(O)c(C=NNC(N)=S)c2)cn1. The number of nitrogens with two attached hydrogens (primary N) is 1. The van der Waals surface area contributed by atoms with Gasteiger partial charge in [0.15, 0.2) is 5.11 Å². The Kier molecular flexibility index (Phi) is 4.68. The molecule has 0 fully saturated rings. The van der Waals surface area contributed by atoms with E-state index < -0.39 is 0 Å². The van der Waals surface area contributed by atoms with Gasteiger partial charge in [-0.15, -0.1) is 0 Å². The molecule has 108 valence electrons. The highest BCUT2D eigenvalue weighted by atomic mass is 32.1. The summed E-state index contributed by atoms with van der Waals surface area (Å²) >= 11 is 4.64. The zero-order valence-electron chi connectivity index (χ0n) is 11.3. The van der Waals surface area contributed by atoms with Crippen LogP contribution in [0.5, 0.6) is 11.6 Å². The Labute approximate surface area is 127 Å². The highest BCUT2D eigenvalue weighted by Gasteiger charge is 2.04. The summed E-state index contributed by atoms with van der Waals surface area (Å²) in [4.78, 5) is 4.15. The summed E-state index contributed by atoms with van der Waals surface area (Å²) < 4.78 is 5.02. The monoisotopic (exact) mass is 302 g/mol. The van der Waals surface area contributed by atoms with E-state index in [-0.39, 0.29) is 10.9 Å². The van der Waals surface area contributed by atoms with Crippen LogP contribution in [-0.4, -0.2) is 28.5 Å². The molecule has 0 saturated heterocycles. The van der Waals surface area contributed by atoms with Crippen LogP contribution in [0, 0.1) is 0 Å².